The molecule has 0 heterocycles. The van der Waals surface area contributed by atoms with Gasteiger partial charge in [-0.3, -0.25) is 4.79 Å². The van der Waals surface area contributed by atoms with Crippen LogP contribution in [0.25, 0.3) is 0 Å². The van der Waals surface area contributed by atoms with Crippen LogP contribution in [0.4, 0.5) is 0 Å². The number of hydrogen-bond donors (Lipinski definition) is 4. The third-order valence-electron chi connectivity index (χ3n) is 4.23. The number of nitrogens with two attached hydrogens (primary N) is 1. The Hall–Kier alpha value is -1.17. The van der Waals surface area contributed by atoms with E-state index in [1.165, 1.54) is 0 Å². The van der Waals surface area contributed by atoms with E-state index in [0.29, 0.717) is 17.7 Å². The molecule has 0 aliphatic heterocycles. The molecule has 19 heavy (non-hydrogen) atoms. The molecule has 106 valence electrons. The minimum absolute atomic E-state index is 0.0930. The van der Waals surface area contributed by atoms with Gasteiger partial charge in [-0.1, -0.05) is 13.0 Å². The van der Waals surface area contributed by atoms with Crippen LogP contribution < -0.4 is 5.73 Å². The van der Waals surface area contributed by atoms with E-state index in [9.17, 15) is 20.1 Å². The van der Waals surface area contributed by atoms with Gasteiger partial charge in [0.05, 0.1) is 18.6 Å². The lowest BCUT2D eigenvalue weighted by Crippen LogP contribution is -2.32. The lowest BCUT2D eigenvalue weighted by molar-refractivity contribution is -0.116. The van der Waals surface area contributed by atoms with E-state index in [0.717, 1.165) is 12.0 Å². The van der Waals surface area contributed by atoms with Gasteiger partial charge in [-0.25, -0.2) is 0 Å². The van der Waals surface area contributed by atoms with Crippen molar-refractivity contribution in [1.29, 1.82) is 0 Å². The Kier molecular flexibility index (Phi) is 4.08. The Labute approximate surface area is 112 Å². The SMILES string of the molecule is CCC1=C(N)CC(=O)C(C2C[C@H](CO)[C@@H](O)[C@H]2O)=C1. The number of Topliss-reactive ketones (excluding diaryl/α,β-unsaturated/α-hetero) is 1. The van der Waals surface area contributed by atoms with Gasteiger partial charge in [0.25, 0.3) is 0 Å². The molecule has 1 fully saturated rings. The molecule has 2 aliphatic carbocycles. The normalized spacial score (nSPS) is 35.8. The van der Waals surface area contributed by atoms with Crippen LogP contribution in [0.3, 0.4) is 0 Å². The second kappa shape index (κ2) is 5.45. The fourth-order valence-electron chi connectivity index (χ4n) is 3.01. The lowest BCUT2D eigenvalue weighted by Gasteiger charge is -2.23. The number of carbonyl (C=O) groups is 1. The van der Waals surface area contributed by atoms with Crippen LogP contribution in [-0.2, 0) is 4.79 Å². The molecule has 5 nitrogen and oxygen atoms in total. The van der Waals surface area contributed by atoms with Crippen molar-refractivity contribution < 1.29 is 20.1 Å². The van der Waals surface area contributed by atoms with Crippen LogP contribution in [0.2, 0.25) is 0 Å². The van der Waals surface area contributed by atoms with Gasteiger partial charge in [0.1, 0.15) is 0 Å². The van der Waals surface area contributed by atoms with Crippen molar-refractivity contribution in [2.45, 2.75) is 38.4 Å². The number of aliphatic hydroxyl groups excluding tert-OH is 3. The summed E-state index contributed by atoms with van der Waals surface area (Å²) in [5.74, 6) is -0.874. The van der Waals surface area contributed by atoms with Crippen LogP contribution in [0.1, 0.15) is 26.2 Å². The summed E-state index contributed by atoms with van der Waals surface area (Å²) in [5, 5.41) is 29.1. The Morgan fingerprint density at radius 3 is 2.58 bits per heavy atom. The van der Waals surface area contributed by atoms with Crippen molar-refractivity contribution in [2.24, 2.45) is 17.6 Å². The number of carbonyl (C=O) groups excluding carboxylic acids is 1. The first kappa shape index (κ1) is 14.2. The third kappa shape index (κ3) is 2.45. The fraction of sp³-hybridized carbons (Fsp3) is 0.643. The Bertz CT molecular complexity index is 441. The highest BCUT2D eigenvalue weighted by atomic mass is 16.3. The molecule has 0 radical (unpaired) electrons. The molecule has 0 aromatic rings. The van der Waals surface area contributed by atoms with Crippen LogP contribution in [0.15, 0.2) is 22.9 Å². The van der Waals surface area contributed by atoms with E-state index in [4.69, 9.17) is 5.73 Å². The number of aliphatic hydroxyl groups is 3. The number of ketones is 1. The predicted octanol–water partition coefficient (Wildman–Crippen LogP) is -0.141. The van der Waals surface area contributed by atoms with E-state index >= 15 is 0 Å². The number of hydrogen-bond acceptors (Lipinski definition) is 5. The number of rotatable bonds is 3. The molecule has 2 aliphatic rings. The molecule has 5 heteroatoms. The first-order chi connectivity index (χ1) is 8.99. The molecule has 0 aromatic heterocycles. The van der Waals surface area contributed by atoms with Crippen LogP contribution in [0.5, 0.6) is 0 Å². The largest absolute Gasteiger partial charge is 0.401 e. The standard InChI is InChI=1S/C14H21NO4/c1-2-7-3-9(12(17)5-11(7)15)10-4-8(6-16)13(18)14(10)19/h3,8,10,13-14,16,18-19H,2,4-6,15H2,1H3/t8-,10?,13-,14+/m1/s1. The van der Waals surface area contributed by atoms with Gasteiger partial charge in [-0.2, -0.15) is 0 Å². The smallest absolute Gasteiger partial charge is 0.165 e. The van der Waals surface area contributed by atoms with Gasteiger partial charge in [0.15, 0.2) is 5.78 Å². The molecule has 1 unspecified atom stereocenters. The molecular weight excluding hydrogens is 246 g/mol. The summed E-state index contributed by atoms with van der Waals surface area (Å²) in [5.41, 5.74) is 7.86. The van der Waals surface area contributed by atoms with Crippen LogP contribution in [0, 0.1) is 11.8 Å². The second-order valence-electron chi connectivity index (χ2n) is 5.37. The molecular formula is C14H21NO4. The van der Waals surface area contributed by atoms with Crippen molar-refractivity contribution >= 4 is 5.78 Å². The van der Waals surface area contributed by atoms with Crippen LogP contribution >= 0.6 is 0 Å². The Morgan fingerprint density at radius 2 is 2.05 bits per heavy atom. The summed E-state index contributed by atoms with van der Waals surface area (Å²) in [6.45, 7) is 1.78. The maximum atomic E-state index is 12.1. The zero-order valence-corrected chi connectivity index (χ0v) is 11.0. The maximum absolute atomic E-state index is 12.1. The highest BCUT2D eigenvalue weighted by Gasteiger charge is 2.44. The zero-order valence-electron chi connectivity index (χ0n) is 11.0. The average molecular weight is 267 g/mol. The molecule has 0 spiro atoms. The summed E-state index contributed by atoms with van der Waals surface area (Å²) in [7, 11) is 0. The fourth-order valence-corrected chi connectivity index (χ4v) is 3.01. The van der Waals surface area contributed by atoms with E-state index in [2.05, 4.69) is 0 Å². The van der Waals surface area contributed by atoms with Gasteiger partial charge in [0.2, 0.25) is 0 Å². The van der Waals surface area contributed by atoms with E-state index < -0.39 is 18.1 Å². The topological polar surface area (TPSA) is 104 Å². The first-order valence-electron chi connectivity index (χ1n) is 6.68. The van der Waals surface area contributed by atoms with E-state index in [-0.39, 0.29) is 24.7 Å². The van der Waals surface area contributed by atoms with Gasteiger partial charge < -0.3 is 21.1 Å². The predicted molar refractivity (Wildman–Crippen MR) is 69.9 cm³/mol. The second-order valence-corrected chi connectivity index (χ2v) is 5.37. The quantitative estimate of drug-likeness (QED) is 0.570. The van der Waals surface area contributed by atoms with Gasteiger partial charge >= 0.3 is 0 Å². The lowest BCUT2D eigenvalue weighted by atomic mass is 9.84. The first-order valence-corrected chi connectivity index (χ1v) is 6.68. The minimum Gasteiger partial charge on any atom is -0.401 e. The van der Waals surface area contributed by atoms with Gasteiger partial charge in [-0.15, -0.1) is 0 Å². The Morgan fingerprint density at radius 1 is 1.37 bits per heavy atom. The summed E-state index contributed by atoms with van der Waals surface area (Å²) >= 11 is 0. The van der Waals surface area contributed by atoms with Crippen molar-refractivity contribution in [3.8, 4) is 0 Å². The van der Waals surface area contributed by atoms with Crippen molar-refractivity contribution in [3.63, 3.8) is 0 Å². The Balaban J connectivity index is 2.29. The van der Waals surface area contributed by atoms with Gasteiger partial charge in [-0.05, 0) is 18.4 Å². The molecule has 4 atom stereocenters. The highest BCUT2D eigenvalue weighted by Crippen LogP contribution is 2.39. The molecule has 0 bridgehead atoms. The molecule has 0 amide bonds. The molecule has 0 aromatic carbocycles. The monoisotopic (exact) mass is 267 g/mol. The highest BCUT2D eigenvalue weighted by molar-refractivity contribution is 5.99. The van der Waals surface area contributed by atoms with Crippen molar-refractivity contribution in [1.82, 2.24) is 0 Å². The van der Waals surface area contributed by atoms with Crippen molar-refractivity contribution in [3.05, 3.63) is 22.9 Å². The van der Waals surface area contributed by atoms with Gasteiger partial charge in [0, 0.05) is 29.7 Å². The third-order valence-corrected chi connectivity index (χ3v) is 4.23. The number of allylic oxidation sites excluding steroid dienone is 3. The molecule has 5 N–H and O–H groups in total. The van der Waals surface area contributed by atoms with Crippen LogP contribution in [-0.4, -0.2) is 39.9 Å². The van der Waals surface area contributed by atoms with Crippen molar-refractivity contribution in [2.75, 3.05) is 6.61 Å². The summed E-state index contributed by atoms with van der Waals surface area (Å²) in [6, 6.07) is 0. The zero-order chi connectivity index (χ0) is 14.2. The minimum atomic E-state index is -0.996. The molecule has 0 saturated heterocycles. The average Bonchev–Trinajstić information content (AvgIpc) is 2.67. The maximum Gasteiger partial charge on any atom is 0.165 e. The summed E-state index contributed by atoms with van der Waals surface area (Å²) in [6.07, 6.45) is 1.12. The summed E-state index contributed by atoms with van der Waals surface area (Å²) in [4.78, 5) is 12.1. The van der Waals surface area contributed by atoms with E-state index in [1.54, 1.807) is 6.08 Å². The summed E-state index contributed by atoms with van der Waals surface area (Å²) < 4.78 is 0. The van der Waals surface area contributed by atoms with E-state index in [1.807, 2.05) is 6.92 Å². The molecule has 2 rings (SSSR count). The molecule has 1 saturated carbocycles.